The Balaban J connectivity index is 0.00000288. The molecule has 0 bridgehead atoms. The molecule has 0 fully saturated rings. The minimum Gasteiger partial charge on any atom is -0.350 e. The molecule has 0 aromatic carbocycles. The molecular weight excluding hydrogens is 453 g/mol. The van der Waals surface area contributed by atoms with Gasteiger partial charge in [0, 0.05) is 22.7 Å². The average molecular weight is 479 g/mol. The van der Waals surface area contributed by atoms with Gasteiger partial charge in [0.1, 0.15) is 10.0 Å². The molecule has 2 heterocycles. The smallest absolute Gasteiger partial charge is 0.191 e. The topological polar surface area (TPSA) is 62.2 Å². The number of hydrogen-bond donors (Lipinski definition) is 2. The first-order valence-corrected chi connectivity index (χ1v) is 9.31. The lowest BCUT2D eigenvalue weighted by Gasteiger charge is -2.14. The molecule has 0 saturated heterocycles. The number of aromatic nitrogens is 2. The van der Waals surface area contributed by atoms with Crippen LogP contribution in [0.3, 0.4) is 0 Å². The molecule has 2 N–H and O–H groups in total. The number of rotatable bonds is 4. The standard InChI is InChI=1S/C16H25N5S2.HI/c1-10-11(2)23-14(20-10)8-19-15(17-6)18-7-13-21-12(9-22-13)16(3,4)5;/h9H,7-8H2,1-6H3,(H2,17,18,19);1H. The summed E-state index contributed by atoms with van der Waals surface area (Å²) in [5.74, 6) is 0.767. The second-order valence-electron chi connectivity index (χ2n) is 6.41. The molecule has 0 aliphatic heterocycles. The fraction of sp³-hybridized carbons (Fsp3) is 0.562. The molecular formula is C16H26IN5S2. The second-order valence-corrected chi connectivity index (χ2v) is 8.64. The first kappa shape index (κ1) is 21.3. The van der Waals surface area contributed by atoms with Gasteiger partial charge in [-0.15, -0.1) is 46.7 Å². The van der Waals surface area contributed by atoms with Gasteiger partial charge in [-0.3, -0.25) is 4.99 Å². The van der Waals surface area contributed by atoms with Crippen LogP contribution in [0.25, 0.3) is 0 Å². The van der Waals surface area contributed by atoms with E-state index in [9.17, 15) is 0 Å². The van der Waals surface area contributed by atoms with Crippen LogP contribution in [0.4, 0.5) is 0 Å². The molecule has 0 radical (unpaired) electrons. The van der Waals surface area contributed by atoms with Crippen LogP contribution in [0, 0.1) is 13.8 Å². The zero-order valence-corrected chi connectivity index (χ0v) is 19.0. The van der Waals surface area contributed by atoms with E-state index in [4.69, 9.17) is 0 Å². The van der Waals surface area contributed by atoms with Gasteiger partial charge in [0.25, 0.3) is 0 Å². The fourth-order valence-corrected chi connectivity index (χ4v) is 3.72. The lowest BCUT2D eigenvalue weighted by atomic mass is 9.93. The maximum Gasteiger partial charge on any atom is 0.191 e. The first-order chi connectivity index (χ1) is 10.8. The molecule has 2 aromatic heterocycles. The minimum atomic E-state index is 0. The van der Waals surface area contributed by atoms with E-state index < -0.39 is 0 Å². The second kappa shape index (κ2) is 9.10. The van der Waals surface area contributed by atoms with Gasteiger partial charge in [-0.25, -0.2) is 9.97 Å². The maximum absolute atomic E-state index is 4.68. The predicted octanol–water partition coefficient (Wildman–Crippen LogP) is 4.00. The van der Waals surface area contributed by atoms with Gasteiger partial charge >= 0.3 is 0 Å². The van der Waals surface area contributed by atoms with E-state index in [0.717, 1.165) is 27.4 Å². The van der Waals surface area contributed by atoms with Crippen molar-refractivity contribution in [3.63, 3.8) is 0 Å². The fourth-order valence-electron chi connectivity index (χ4n) is 1.89. The van der Waals surface area contributed by atoms with Crippen molar-refractivity contribution >= 4 is 52.6 Å². The Labute approximate surface area is 169 Å². The normalized spacial score (nSPS) is 12.0. The highest BCUT2D eigenvalue weighted by molar-refractivity contribution is 14.0. The Morgan fingerprint density at radius 2 is 1.75 bits per heavy atom. The Morgan fingerprint density at radius 1 is 1.12 bits per heavy atom. The number of aliphatic imine (C=N–C) groups is 1. The summed E-state index contributed by atoms with van der Waals surface area (Å²) < 4.78 is 0. The monoisotopic (exact) mass is 479 g/mol. The lowest BCUT2D eigenvalue weighted by molar-refractivity contribution is 0.570. The van der Waals surface area contributed by atoms with Gasteiger partial charge in [-0.1, -0.05) is 20.8 Å². The highest BCUT2D eigenvalue weighted by Gasteiger charge is 2.17. The quantitative estimate of drug-likeness (QED) is 0.396. The van der Waals surface area contributed by atoms with Crippen LogP contribution in [-0.4, -0.2) is 23.0 Å². The first-order valence-electron chi connectivity index (χ1n) is 7.62. The van der Waals surface area contributed by atoms with Crippen molar-refractivity contribution in [2.24, 2.45) is 4.99 Å². The van der Waals surface area contributed by atoms with E-state index in [-0.39, 0.29) is 29.4 Å². The molecule has 0 spiro atoms. The molecule has 134 valence electrons. The molecule has 0 atom stereocenters. The Morgan fingerprint density at radius 3 is 2.21 bits per heavy atom. The van der Waals surface area contributed by atoms with Gasteiger partial charge in [-0.05, 0) is 13.8 Å². The molecule has 5 nitrogen and oxygen atoms in total. The molecule has 2 rings (SSSR count). The largest absolute Gasteiger partial charge is 0.350 e. The molecule has 0 amide bonds. The zero-order chi connectivity index (χ0) is 17.0. The van der Waals surface area contributed by atoms with E-state index in [2.05, 4.69) is 58.7 Å². The van der Waals surface area contributed by atoms with Crippen molar-refractivity contribution in [2.75, 3.05) is 7.05 Å². The van der Waals surface area contributed by atoms with E-state index in [0.29, 0.717) is 13.1 Å². The lowest BCUT2D eigenvalue weighted by Crippen LogP contribution is -2.36. The van der Waals surface area contributed by atoms with Crippen LogP contribution in [0.1, 0.15) is 47.1 Å². The number of aryl methyl sites for hydroxylation is 2. The number of thiazole rings is 2. The van der Waals surface area contributed by atoms with Crippen molar-refractivity contribution in [1.82, 2.24) is 20.6 Å². The summed E-state index contributed by atoms with van der Waals surface area (Å²) in [5.41, 5.74) is 2.33. The van der Waals surface area contributed by atoms with Gasteiger partial charge < -0.3 is 10.6 Å². The third-order valence-electron chi connectivity index (χ3n) is 3.43. The number of hydrogen-bond acceptors (Lipinski definition) is 5. The van der Waals surface area contributed by atoms with Crippen LogP contribution in [-0.2, 0) is 18.5 Å². The summed E-state index contributed by atoms with van der Waals surface area (Å²) in [6.45, 7) is 12.0. The Bertz CT molecular complexity index is 665. The van der Waals surface area contributed by atoms with Gasteiger partial charge in [0.2, 0.25) is 0 Å². The summed E-state index contributed by atoms with van der Waals surface area (Å²) in [5, 5.41) is 10.9. The maximum atomic E-state index is 4.68. The van der Waals surface area contributed by atoms with Crippen molar-refractivity contribution in [2.45, 2.75) is 53.1 Å². The van der Waals surface area contributed by atoms with E-state index in [1.807, 2.05) is 6.92 Å². The number of guanidine groups is 1. The van der Waals surface area contributed by atoms with Gasteiger partial charge in [0.15, 0.2) is 5.96 Å². The van der Waals surface area contributed by atoms with Crippen molar-refractivity contribution in [3.05, 3.63) is 31.7 Å². The number of halogens is 1. The highest BCUT2D eigenvalue weighted by atomic mass is 127. The third-order valence-corrected chi connectivity index (χ3v) is 5.35. The van der Waals surface area contributed by atoms with E-state index in [1.54, 1.807) is 29.7 Å². The molecule has 8 heteroatoms. The van der Waals surface area contributed by atoms with Crippen LogP contribution in [0.2, 0.25) is 0 Å². The third kappa shape index (κ3) is 5.96. The van der Waals surface area contributed by atoms with Crippen molar-refractivity contribution in [1.29, 1.82) is 0 Å². The Kier molecular flexibility index (Phi) is 8.07. The predicted molar refractivity (Wildman–Crippen MR) is 115 cm³/mol. The van der Waals surface area contributed by atoms with Crippen LogP contribution in [0.15, 0.2) is 10.4 Å². The summed E-state index contributed by atoms with van der Waals surface area (Å²) in [6.07, 6.45) is 0. The minimum absolute atomic E-state index is 0. The highest BCUT2D eigenvalue weighted by Crippen LogP contribution is 2.23. The van der Waals surface area contributed by atoms with Crippen molar-refractivity contribution < 1.29 is 0 Å². The summed E-state index contributed by atoms with van der Waals surface area (Å²) in [4.78, 5) is 14.7. The molecule has 0 aliphatic rings. The molecule has 0 saturated carbocycles. The van der Waals surface area contributed by atoms with Crippen LogP contribution >= 0.6 is 46.7 Å². The summed E-state index contributed by atoms with van der Waals surface area (Å²) >= 11 is 3.40. The zero-order valence-electron chi connectivity index (χ0n) is 15.1. The Hall–Kier alpha value is -0.740. The molecule has 24 heavy (non-hydrogen) atoms. The number of nitrogens with one attached hydrogen (secondary N) is 2. The van der Waals surface area contributed by atoms with Gasteiger partial charge in [0.05, 0.1) is 24.5 Å². The van der Waals surface area contributed by atoms with E-state index >= 15 is 0 Å². The van der Waals surface area contributed by atoms with E-state index in [1.165, 1.54) is 4.88 Å². The number of nitrogens with zero attached hydrogens (tertiary/aromatic N) is 3. The summed E-state index contributed by atoms with van der Waals surface area (Å²) in [6, 6.07) is 0. The van der Waals surface area contributed by atoms with Crippen molar-refractivity contribution in [3.8, 4) is 0 Å². The SMILES string of the molecule is CN=C(NCc1nc(C(C)(C)C)cs1)NCc1nc(C)c(C)s1.I. The molecule has 2 aromatic rings. The molecule has 0 unspecified atom stereocenters. The van der Waals surface area contributed by atoms with Crippen LogP contribution < -0.4 is 10.6 Å². The average Bonchev–Trinajstić information content (AvgIpc) is 3.06. The van der Waals surface area contributed by atoms with Crippen LogP contribution in [0.5, 0.6) is 0 Å². The molecule has 0 aliphatic carbocycles. The summed E-state index contributed by atoms with van der Waals surface area (Å²) in [7, 11) is 1.77. The van der Waals surface area contributed by atoms with Gasteiger partial charge in [-0.2, -0.15) is 0 Å².